The Hall–Kier alpha value is -1.14. The number of carbonyl (C=O) groups is 2. The number of hydrogen-bond acceptors (Lipinski definition) is 6. The van der Waals surface area contributed by atoms with Gasteiger partial charge in [0.15, 0.2) is 6.10 Å². The maximum atomic E-state index is 10.9. The van der Waals surface area contributed by atoms with Crippen molar-refractivity contribution < 1.29 is 28.9 Å². The molecular weight excluding hydrogens is 216 g/mol. The number of aliphatic hydroxyl groups is 1. The van der Waals surface area contributed by atoms with Gasteiger partial charge in [-0.05, 0) is 0 Å². The lowest BCUT2D eigenvalue weighted by Gasteiger charge is -2.19. The zero-order chi connectivity index (χ0) is 12.3. The molecule has 0 aromatic rings. The fourth-order valence-corrected chi connectivity index (χ4v) is 1.66. The number of carbonyl (C=O) groups excluding carboxylic acids is 2. The molecular formula is C10H16O6. The summed E-state index contributed by atoms with van der Waals surface area (Å²) in [6.07, 6.45) is -2.10. The van der Waals surface area contributed by atoms with Gasteiger partial charge in [0.05, 0.1) is 12.7 Å². The lowest BCUT2D eigenvalue weighted by Crippen LogP contribution is -2.34. The first kappa shape index (κ1) is 12.9. The second kappa shape index (κ2) is 5.27. The summed E-state index contributed by atoms with van der Waals surface area (Å²) in [4.78, 5) is 21.7. The van der Waals surface area contributed by atoms with E-state index in [0.717, 1.165) is 0 Å². The molecule has 1 unspecified atom stereocenters. The Morgan fingerprint density at radius 3 is 2.25 bits per heavy atom. The molecule has 0 aromatic carbocycles. The van der Waals surface area contributed by atoms with E-state index in [4.69, 9.17) is 19.3 Å². The number of hydrogen-bond donors (Lipinski definition) is 1. The SMILES string of the molecule is CC(=O)OC1O[C@H](CO)[C@@H](C)[C@H]1OC(C)=O. The molecule has 1 aliphatic heterocycles. The second-order valence-electron chi connectivity index (χ2n) is 3.77. The minimum atomic E-state index is -0.937. The first-order valence-electron chi connectivity index (χ1n) is 5.06. The zero-order valence-corrected chi connectivity index (χ0v) is 9.50. The molecule has 0 spiro atoms. The molecule has 1 rings (SSSR count). The van der Waals surface area contributed by atoms with Crippen LogP contribution < -0.4 is 0 Å². The molecule has 0 aliphatic carbocycles. The zero-order valence-electron chi connectivity index (χ0n) is 9.50. The highest BCUT2D eigenvalue weighted by atomic mass is 16.7. The van der Waals surface area contributed by atoms with Gasteiger partial charge in [-0.2, -0.15) is 0 Å². The monoisotopic (exact) mass is 232 g/mol. The Bertz CT molecular complexity index is 276. The lowest BCUT2D eigenvalue weighted by atomic mass is 10.0. The summed E-state index contributed by atoms with van der Waals surface area (Å²) in [5.41, 5.74) is 0. The quantitative estimate of drug-likeness (QED) is 0.680. The molecule has 1 heterocycles. The highest BCUT2D eigenvalue weighted by Gasteiger charge is 2.45. The summed E-state index contributed by atoms with van der Waals surface area (Å²) in [5.74, 6) is -1.22. The van der Waals surface area contributed by atoms with Crippen LogP contribution in [0.4, 0.5) is 0 Å². The second-order valence-corrected chi connectivity index (χ2v) is 3.77. The molecule has 0 amide bonds. The van der Waals surface area contributed by atoms with Crippen molar-refractivity contribution in [3.8, 4) is 0 Å². The van der Waals surface area contributed by atoms with E-state index in [9.17, 15) is 9.59 Å². The van der Waals surface area contributed by atoms with E-state index in [1.54, 1.807) is 6.92 Å². The van der Waals surface area contributed by atoms with Crippen molar-refractivity contribution >= 4 is 11.9 Å². The number of aliphatic hydroxyl groups excluding tert-OH is 1. The Morgan fingerprint density at radius 1 is 1.25 bits per heavy atom. The van der Waals surface area contributed by atoms with Gasteiger partial charge in [0.1, 0.15) is 0 Å². The normalized spacial score (nSPS) is 33.5. The Kier molecular flexibility index (Phi) is 4.26. The van der Waals surface area contributed by atoms with Gasteiger partial charge in [-0.15, -0.1) is 0 Å². The van der Waals surface area contributed by atoms with Gasteiger partial charge >= 0.3 is 11.9 Å². The summed E-state index contributed by atoms with van der Waals surface area (Å²) in [6, 6.07) is 0. The highest BCUT2D eigenvalue weighted by molar-refractivity contribution is 5.67. The number of ether oxygens (including phenoxy) is 3. The van der Waals surface area contributed by atoms with E-state index < -0.39 is 30.4 Å². The van der Waals surface area contributed by atoms with Crippen molar-refractivity contribution in [3.63, 3.8) is 0 Å². The van der Waals surface area contributed by atoms with E-state index in [-0.39, 0.29) is 12.5 Å². The molecule has 4 atom stereocenters. The van der Waals surface area contributed by atoms with Gasteiger partial charge < -0.3 is 19.3 Å². The molecule has 16 heavy (non-hydrogen) atoms. The van der Waals surface area contributed by atoms with Crippen LogP contribution in [-0.4, -0.2) is 42.1 Å². The fraction of sp³-hybridized carbons (Fsp3) is 0.800. The fourth-order valence-electron chi connectivity index (χ4n) is 1.66. The Balaban J connectivity index is 2.72. The van der Waals surface area contributed by atoms with E-state index >= 15 is 0 Å². The molecule has 1 fully saturated rings. The van der Waals surface area contributed by atoms with Crippen LogP contribution in [0.15, 0.2) is 0 Å². The topological polar surface area (TPSA) is 82.1 Å². The molecule has 1 saturated heterocycles. The Morgan fingerprint density at radius 2 is 1.81 bits per heavy atom. The van der Waals surface area contributed by atoms with Crippen LogP contribution in [0, 0.1) is 5.92 Å². The average Bonchev–Trinajstić information content (AvgIpc) is 2.44. The van der Waals surface area contributed by atoms with Crippen LogP contribution in [0.25, 0.3) is 0 Å². The van der Waals surface area contributed by atoms with Crippen molar-refractivity contribution in [2.24, 2.45) is 5.92 Å². The first-order valence-corrected chi connectivity index (χ1v) is 5.06. The van der Waals surface area contributed by atoms with Crippen molar-refractivity contribution in [3.05, 3.63) is 0 Å². The smallest absolute Gasteiger partial charge is 0.305 e. The van der Waals surface area contributed by atoms with Crippen LogP contribution in [0.3, 0.4) is 0 Å². The highest BCUT2D eigenvalue weighted by Crippen LogP contribution is 2.30. The van der Waals surface area contributed by atoms with Crippen LogP contribution >= 0.6 is 0 Å². The lowest BCUT2D eigenvalue weighted by molar-refractivity contribution is -0.195. The third-order valence-electron chi connectivity index (χ3n) is 2.45. The molecule has 0 bridgehead atoms. The Labute approximate surface area is 93.5 Å². The van der Waals surface area contributed by atoms with E-state index in [1.807, 2.05) is 0 Å². The predicted octanol–water partition coefficient (Wildman–Crippen LogP) is -0.166. The third kappa shape index (κ3) is 2.93. The van der Waals surface area contributed by atoms with Gasteiger partial charge in [-0.1, -0.05) is 6.92 Å². The van der Waals surface area contributed by atoms with Crippen LogP contribution in [-0.2, 0) is 23.8 Å². The van der Waals surface area contributed by atoms with E-state index in [0.29, 0.717) is 0 Å². The number of esters is 2. The van der Waals surface area contributed by atoms with Crippen molar-refractivity contribution in [1.29, 1.82) is 0 Å². The summed E-state index contributed by atoms with van der Waals surface area (Å²) in [7, 11) is 0. The van der Waals surface area contributed by atoms with Crippen molar-refractivity contribution in [2.75, 3.05) is 6.61 Å². The van der Waals surface area contributed by atoms with Crippen molar-refractivity contribution in [1.82, 2.24) is 0 Å². The standard InChI is InChI=1S/C10H16O6/c1-5-8(4-11)16-10(15-7(3)13)9(5)14-6(2)12/h5,8-11H,4H2,1-3H3/t5-,8-,9-,10?/m1/s1. The summed E-state index contributed by atoms with van der Waals surface area (Å²) < 4.78 is 15.2. The molecule has 6 heteroatoms. The van der Waals surface area contributed by atoms with Crippen LogP contribution in [0.2, 0.25) is 0 Å². The summed E-state index contributed by atoms with van der Waals surface area (Å²) in [6.45, 7) is 4.06. The largest absolute Gasteiger partial charge is 0.455 e. The van der Waals surface area contributed by atoms with Gasteiger partial charge in [-0.25, -0.2) is 0 Å². The molecule has 1 aliphatic rings. The molecule has 0 aromatic heterocycles. The maximum absolute atomic E-state index is 10.9. The maximum Gasteiger partial charge on any atom is 0.305 e. The molecule has 0 saturated carbocycles. The number of rotatable bonds is 3. The van der Waals surface area contributed by atoms with E-state index in [2.05, 4.69) is 0 Å². The van der Waals surface area contributed by atoms with Gasteiger partial charge in [0.2, 0.25) is 6.29 Å². The van der Waals surface area contributed by atoms with Gasteiger partial charge in [-0.3, -0.25) is 9.59 Å². The van der Waals surface area contributed by atoms with Crippen LogP contribution in [0.1, 0.15) is 20.8 Å². The minimum absolute atomic E-state index is 0.212. The minimum Gasteiger partial charge on any atom is -0.455 e. The van der Waals surface area contributed by atoms with Crippen molar-refractivity contribution in [2.45, 2.75) is 39.3 Å². The predicted molar refractivity (Wildman–Crippen MR) is 52.2 cm³/mol. The summed E-state index contributed by atoms with van der Waals surface area (Å²) >= 11 is 0. The molecule has 0 radical (unpaired) electrons. The summed E-state index contributed by atoms with van der Waals surface area (Å²) in [5, 5.41) is 9.03. The third-order valence-corrected chi connectivity index (χ3v) is 2.45. The molecule has 6 nitrogen and oxygen atoms in total. The molecule has 92 valence electrons. The van der Waals surface area contributed by atoms with Gasteiger partial charge in [0.25, 0.3) is 0 Å². The van der Waals surface area contributed by atoms with Crippen LogP contribution in [0.5, 0.6) is 0 Å². The molecule has 1 N–H and O–H groups in total. The first-order chi connectivity index (χ1) is 7.45. The van der Waals surface area contributed by atoms with Gasteiger partial charge in [0, 0.05) is 19.8 Å². The van der Waals surface area contributed by atoms with E-state index in [1.165, 1.54) is 13.8 Å². The average molecular weight is 232 g/mol.